The van der Waals surface area contributed by atoms with Crippen molar-refractivity contribution in [3.05, 3.63) is 12.3 Å². The van der Waals surface area contributed by atoms with Gasteiger partial charge in [0.2, 0.25) is 0 Å². The van der Waals surface area contributed by atoms with E-state index in [1.54, 1.807) is 6.92 Å². The van der Waals surface area contributed by atoms with Crippen LogP contribution in [0.15, 0.2) is 12.3 Å². The van der Waals surface area contributed by atoms with Crippen LogP contribution in [0, 0.1) is 0 Å². The second-order valence-corrected chi connectivity index (χ2v) is 1.09. The topological polar surface area (TPSA) is 26.3 Å². The predicted molar refractivity (Wildman–Crippen MR) is 26.9 cm³/mol. The Morgan fingerprint density at radius 3 is 2.88 bits per heavy atom. The van der Waals surface area contributed by atoms with Crippen LogP contribution >= 0.6 is 0 Å². The molecule has 0 rings (SSSR count). The molecule has 8 heavy (non-hydrogen) atoms. The highest BCUT2D eigenvalue weighted by Gasteiger charge is 1.94. The summed E-state index contributed by atoms with van der Waals surface area (Å²) in [5.74, 6) is -0.858. The summed E-state index contributed by atoms with van der Waals surface area (Å²) in [6, 6.07) is 0. The fourth-order valence-corrected chi connectivity index (χ4v) is 0.175. The Kier molecular flexibility index (Phi) is 3.84. The number of esters is 1. The van der Waals surface area contributed by atoms with E-state index in [-0.39, 0.29) is 0 Å². The smallest absolute Gasteiger partial charge is 0.342 e. The van der Waals surface area contributed by atoms with Gasteiger partial charge in [0.05, 0.1) is 6.26 Å². The summed E-state index contributed by atoms with van der Waals surface area (Å²) in [6.45, 7) is 0.607. The molecule has 0 radical (unpaired) electrons. The molecule has 0 saturated carbocycles. The Balaban J connectivity index is 3.25. The van der Waals surface area contributed by atoms with E-state index < -0.39 is 12.6 Å². The second-order valence-electron chi connectivity index (χ2n) is 1.09. The van der Waals surface area contributed by atoms with Crippen molar-refractivity contribution in [3.8, 4) is 0 Å². The van der Waals surface area contributed by atoms with Gasteiger partial charge in [0.1, 0.15) is 0 Å². The maximum atomic E-state index is 11.2. The van der Waals surface area contributed by atoms with Crippen LogP contribution in [0.4, 0.5) is 4.39 Å². The van der Waals surface area contributed by atoms with Crippen molar-refractivity contribution < 1.29 is 13.9 Å². The van der Waals surface area contributed by atoms with E-state index in [9.17, 15) is 9.18 Å². The first-order chi connectivity index (χ1) is 3.81. The number of hydrogen-bond acceptors (Lipinski definition) is 2. The highest BCUT2D eigenvalue weighted by atomic mass is 19.1. The molecule has 0 fully saturated rings. The molecule has 0 bridgehead atoms. The van der Waals surface area contributed by atoms with Crippen molar-refractivity contribution in [3.63, 3.8) is 0 Å². The molecule has 0 atom stereocenters. The quantitative estimate of drug-likeness (QED) is 0.400. The molecule has 0 unspecified atom stereocenters. The van der Waals surface area contributed by atoms with E-state index in [0.29, 0.717) is 0 Å². The van der Waals surface area contributed by atoms with Crippen molar-refractivity contribution in [2.45, 2.75) is 6.92 Å². The maximum Gasteiger partial charge on any atom is 0.342 e. The monoisotopic (exact) mass is 118 g/mol. The fraction of sp³-hybridized carbons (Fsp3) is 0.400. The molecular formula is C5H7FO2. The number of alkyl halides is 1. The van der Waals surface area contributed by atoms with Gasteiger partial charge in [0.15, 0.2) is 6.67 Å². The zero-order chi connectivity index (χ0) is 6.41. The highest BCUT2D eigenvalue weighted by Crippen LogP contribution is 1.79. The lowest BCUT2D eigenvalue weighted by Gasteiger charge is -1.88. The lowest BCUT2D eigenvalue weighted by atomic mass is 10.7. The van der Waals surface area contributed by atoms with Gasteiger partial charge in [-0.15, -0.1) is 0 Å². The normalized spacial score (nSPS) is 9.75. The molecule has 0 spiro atoms. The molecular weight excluding hydrogens is 111 g/mol. The Labute approximate surface area is 47.0 Å². The van der Waals surface area contributed by atoms with E-state index in [4.69, 9.17) is 0 Å². The van der Waals surface area contributed by atoms with Gasteiger partial charge in [-0.2, -0.15) is 0 Å². The van der Waals surface area contributed by atoms with Gasteiger partial charge in [0, 0.05) is 0 Å². The third-order valence-corrected chi connectivity index (χ3v) is 0.445. The van der Waals surface area contributed by atoms with E-state index in [2.05, 4.69) is 4.74 Å². The minimum atomic E-state index is -1.07. The molecule has 2 nitrogen and oxygen atoms in total. The Bertz CT molecular complexity index is 98.6. The number of ether oxygens (including phenoxy) is 1. The standard InChI is InChI=1S/C5H7FO2/c1-2-3-8-5(7)4-6/h2-3H,4H2,1H3. The SMILES string of the molecule is CC=COC(=O)CF. The van der Waals surface area contributed by atoms with Crippen LogP contribution in [-0.2, 0) is 9.53 Å². The van der Waals surface area contributed by atoms with Crippen LogP contribution in [0.25, 0.3) is 0 Å². The van der Waals surface area contributed by atoms with Gasteiger partial charge >= 0.3 is 5.97 Å². The summed E-state index contributed by atoms with van der Waals surface area (Å²) in [5, 5.41) is 0. The number of rotatable bonds is 2. The van der Waals surface area contributed by atoms with Gasteiger partial charge in [-0.05, 0) is 6.92 Å². The van der Waals surface area contributed by atoms with Gasteiger partial charge in [-0.3, -0.25) is 0 Å². The molecule has 0 aromatic rings. The zero-order valence-corrected chi connectivity index (χ0v) is 4.56. The van der Waals surface area contributed by atoms with Gasteiger partial charge in [-0.1, -0.05) is 6.08 Å². The van der Waals surface area contributed by atoms with E-state index in [1.807, 2.05) is 0 Å². The number of hydrogen-bond donors (Lipinski definition) is 0. The van der Waals surface area contributed by atoms with E-state index >= 15 is 0 Å². The van der Waals surface area contributed by atoms with Crippen LogP contribution in [0.5, 0.6) is 0 Å². The minimum Gasteiger partial charge on any atom is -0.433 e. The molecule has 0 heterocycles. The van der Waals surface area contributed by atoms with E-state index in [0.717, 1.165) is 6.26 Å². The first kappa shape index (κ1) is 7.14. The first-order valence-corrected chi connectivity index (χ1v) is 2.18. The molecule has 0 N–H and O–H groups in total. The lowest BCUT2D eigenvalue weighted by Crippen LogP contribution is -1.99. The average molecular weight is 118 g/mol. The highest BCUT2D eigenvalue weighted by molar-refractivity contribution is 5.71. The summed E-state index contributed by atoms with van der Waals surface area (Å²) in [5.41, 5.74) is 0. The van der Waals surface area contributed by atoms with Crippen molar-refractivity contribution in [2.75, 3.05) is 6.67 Å². The molecule has 46 valence electrons. The fourth-order valence-electron chi connectivity index (χ4n) is 0.175. The Morgan fingerprint density at radius 2 is 2.50 bits per heavy atom. The molecule has 0 aromatic heterocycles. The molecule has 3 heteroatoms. The van der Waals surface area contributed by atoms with Crippen LogP contribution in [0.2, 0.25) is 0 Å². The van der Waals surface area contributed by atoms with Gasteiger partial charge in [-0.25, -0.2) is 9.18 Å². The summed E-state index contributed by atoms with van der Waals surface area (Å²) in [4.78, 5) is 9.92. The molecule has 0 aliphatic heterocycles. The lowest BCUT2D eigenvalue weighted by molar-refractivity contribution is -0.138. The minimum absolute atomic E-state index is 0.858. The molecule has 0 aliphatic carbocycles. The third-order valence-electron chi connectivity index (χ3n) is 0.445. The molecule has 0 aliphatic rings. The first-order valence-electron chi connectivity index (χ1n) is 2.18. The van der Waals surface area contributed by atoms with E-state index in [1.165, 1.54) is 6.08 Å². The van der Waals surface area contributed by atoms with Crippen LogP contribution in [0.1, 0.15) is 6.92 Å². The number of carbonyl (C=O) groups excluding carboxylic acids is 1. The number of halogens is 1. The maximum absolute atomic E-state index is 11.2. The van der Waals surface area contributed by atoms with Crippen molar-refractivity contribution >= 4 is 5.97 Å². The van der Waals surface area contributed by atoms with Crippen molar-refractivity contribution in [2.24, 2.45) is 0 Å². The van der Waals surface area contributed by atoms with Gasteiger partial charge in [0.25, 0.3) is 0 Å². The van der Waals surface area contributed by atoms with Crippen molar-refractivity contribution in [1.29, 1.82) is 0 Å². The average Bonchev–Trinajstić information content (AvgIpc) is 1.83. The van der Waals surface area contributed by atoms with Crippen LogP contribution in [-0.4, -0.2) is 12.6 Å². The van der Waals surface area contributed by atoms with Crippen LogP contribution < -0.4 is 0 Å². The Hall–Kier alpha value is -0.860. The third kappa shape index (κ3) is 3.33. The molecule has 0 aromatic carbocycles. The van der Waals surface area contributed by atoms with Crippen molar-refractivity contribution in [1.82, 2.24) is 0 Å². The van der Waals surface area contributed by atoms with Crippen LogP contribution in [0.3, 0.4) is 0 Å². The summed E-state index contributed by atoms with van der Waals surface area (Å²) in [7, 11) is 0. The number of carbonyl (C=O) groups is 1. The summed E-state index contributed by atoms with van der Waals surface area (Å²) >= 11 is 0. The zero-order valence-electron chi connectivity index (χ0n) is 4.56. The summed E-state index contributed by atoms with van der Waals surface area (Å²) in [6.07, 6.45) is 2.65. The number of allylic oxidation sites excluding steroid dienone is 1. The predicted octanol–water partition coefficient (Wildman–Crippen LogP) is 1.03. The largest absolute Gasteiger partial charge is 0.433 e. The second kappa shape index (κ2) is 4.30. The molecule has 0 amide bonds. The molecule has 0 saturated heterocycles. The summed E-state index contributed by atoms with van der Waals surface area (Å²) < 4.78 is 15.3. The van der Waals surface area contributed by atoms with Gasteiger partial charge < -0.3 is 4.74 Å². The Morgan fingerprint density at radius 1 is 1.88 bits per heavy atom.